The van der Waals surface area contributed by atoms with Gasteiger partial charge in [0.1, 0.15) is 19.3 Å². The average molecular weight is 393 g/mol. The highest BCUT2D eigenvalue weighted by atomic mass is 16.5. The third kappa shape index (κ3) is 5.12. The Morgan fingerprint density at radius 2 is 1.69 bits per heavy atom. The summed E-state index contributed by atoms with van der Waals surface area (Å²) in [7, 11) is 0. The van der Waals surface area contributed by atoms with E-state index in [1.807, 2.05) is 36.4 Å². The van der Waals surface area contributed by atoms with Gasteiger partial charge in [0.25, 0.3) is 0 Å². The Morgan fingerprint density at radius 3 is 2.34 bits per heavy atom. The lowest BCUT2D eigenvalue weighted by Gasteiger charge is -2.21. The van der Waals surface area contributed by atoms with Crippen LogP contribution in [0.5, 0.6) is 5.75 Å². The molecular formula is C23H23NO5. The van der Waals surface area contributed by atoms with Gasteiger partial charge in [-0.25, -0.2) is 0 Å². The molecule has 1 N–H and O–H groups in total. The maximum absolute atomic E-state index is 12.6. The molecule has 0 aliphatic carbocycles. The normalized spacial score (nSPS) is 11.7. The second-order valence-corrected chi connectivity index (χ2v) is 6.41. The second-order valence-electron chi connectivity index (χ2n) is 6.41. The van der Waals surface area contributed by atoms with Crippen molar-refractivity contribution in [2.45, 2.75) is 26.2 Å². The summed E-state index contributed by atoms with van der Waals surface area (Å²) in [6.07, 6.45) is 0.321. The predicted octanol–water partition coefficient (Wildman–Crippen LogP) is 3.07. The molecule has 0 saturated heterocycles. The lowest BCUT2D eigenvalue weighted by Crippen LogP contribution is -2.23. The van der Waals surface area contributed by atoms with Crippen LogP contribution < -0.4 is 10.2 Å². The minimum Gasteiger partial charge on any atom is -0.483 e. The highest BCUT2D eigenvalue weighted by molar-refractivity contribution is 5.69. The van der Waals surface area contributed by atoms with Gasteiger partial charge in [-0.15, -0.1) is 0 Å². The molecule has 1 aromatic heterocycles. The first-order valence-electron chi connectivity index (χ1n) is 9.39. The molecule has 2 aromatic carbocycles. The zero-order valence-corrected chi connectivity index (χ0v) is 16.2. The quantitative estimate of drug-likeness (QED) is 0.595. The van der Waals surface area contributed by atoms with Crippen LogP contribution in [0.3, 0.4) is 0 Å². The number of hydrogen-bond acceptors (Lipinski definition) is 5. The van der Waals surface area contributed by atoms with Gasteiger partial charge in [0.2, 0.25) is 5.43 Å². The first-order chi connectivity index (χ1) is 14.1. The Morgan fingerprint density at radius 1 is 1.03 bits per heavy atom. The van der Waals surface area contributed by atoms with Crippen LogP contribution in [0.15, 0.2) is 77.7 Å². The number of benzene rings is 2. The van der Waals surface area contributed by atoms with E-state index >= 15 is 0 Å². The number of rotatable bonds is 8. The molecule has 0 aliphatic heterocycles. The van der Waals surface area contributed by atoms with E-state index in [1.54, 1.807) is 31.2 Å². The SMILES string of the molecule is CCOC(=O)Cn1ccc(=O)c(OCc2ccccc2)c1C(O)c1ccccc1. The molecule has 6 heteroatoms. The number of aromatic nitrogens is 1. The molecular weight excluding hydrogens is 370 g/mol. The van der Waals surface area contributed by atoms with Crippen LogP contribution in [0.2, 0.25) is 0 Å². The van der Waals surface area contributed by atoms with E-state index in [0.29, 0.717) is 5.56 Å². The summed E-state index contributed by atoms with van der Waals surface area (Å²) in [6.45, 7) is 1.98. The van der Waals surface area contributed by atoms with Crippen molar-refractivity contribution in [3.05, 3.63) is 100.0 Å². The number of esters is 1. The van der Waals surface area contributed by atoms with Gasteiger partial charge in [-0.2, -0.15) is 0 Å². The van der Waals surface area contributed by atoms with Crippen LogP contribution in [-0.2, 0) is 22.7 Å². The number of carbonyl (C=O) groups excluding carboxylic acids is 1. The fourth-order valence-corrected chi connectivity index (χ4v) is 3.00. The monoisotopic (exact) mass is 393 g/mol. The fourth-order valence-electron chi connectivity index (χ4n) is 3.00. The number of ether oxygens (including phenoxy) is 2. The van der Waals surface area contributed by atoms with E-state index in [4.69, 9.17) is 9.47 Å². The summed E-state index contributed by atoms with van der Waals surface area (Å²) < 4.78 is 12.4. The molecule has 3 aromatic rings. The van der Waals surface area contributed by atoms with Gasteiger partial charge in [-0.1, -0.05) is 60.7 Å². The Bertz CT molecular complexity index is 999. The van der Waals surface area contributed by atoms with Crippen molar-refractivity contribution in [3.63, 3.8) is 0 Å². The van der Waals surface area contributed by atoms with E-state index in [-0.39, 0.29) is 36.6 Å². The number of aliphatic hydroxyl groups is 1. The fraction of sp³-hybridized carbons (Fsp3) is 0.217. The van der Waals surface area contributed by atoms with E-state index in [1.165, 1.54) is 16.8 Å². The van der Waals surface area contributed by atoms with Crippen LogP contribution in [0.25, 0.3) is 0 Å². The number of pyridine rings is 1. The third-order valence-corrected chi connectivity index (χ3v) is 4.38. The van der Waals surface area contributed by atoms with E-state index in [0.717, 1.165) is 5.56 Å². The summed E-state index contributed by atoms with van der Waals surface area (Å²) in [5.74, 6) is -0.455. The Balaban J connectivity index is 2.02. The van der Waals surface area contributed by atoms with Crippen LogP contribution in [0, 0.1) is 0 Å². The Kier molecular flexibility index (Phi) is 6.81. The molecule has 0 bridgehead atoms. The maximum Gasteiger partial charge on any atom is 0.325 e. The summed E-state index contributed by atoms with van der Waals surface area (Å²) in [5.41, 5.74) is 1.31. The number of hydrogen-bond donors (Lipinski definition) is 1. The second kappa shape index (κ2) is 9.71. The first-order valence-corrected chi connectivity index (χ1v) is 9.39. The van der Waals surface area contributed by atoms with E-state index < -0.39 is 12.1 Å². The molecule has 0 radical (unpaired) electrons. The van der Waals surface area contributed by atoms with Gasteiger partial charge in [-0.05, 0) is 18.1 Å². The largest absolute Gasteiger partial charge is 0.483 e. The van der Waals surface area contributed by atoms with E-state index in [9.17, 15) is 14.7 Å². The molecule has 3 rings (SSSR count). The highest BCUT2D eigenvalue weighted by Crippen LogP contribution is 2.28. The molecule has 0 fully saturated rings. The minimum atomic E-state index is -1.15. The molecule has 29 heavy (non-hydrogen) atoms. The molecule has 1 heterocycles. The number of nitrogens with zero attached hydrogens (tertiary/aromatic N) is 1. The summed E-state index contributed by atoms with van der Waals surface area (Å²) in [5, 5.41) is 11.0. The average Bonchev–Trinajstić information content (AvgIpc) is 2.75. The zero-order valence-electron chi connectivity index (χ0n) is 16.2. The topological polar surface area (TPSA) is 77.8 Å². The zero-order chi connectivity index (χ0) is 20.6. The van der Waals surface area contributed by atoms with Crippen LogP contribution in [-0.4, -0.2) is 22.2 Å². The molecule has 0 amide bonds. The molecule has 0 saturated carbocycles. The van der Waals surface area contributed by atoms with Crippen LogP contribution in [0.4, 0.5) is 0 Å². The van der Waals surface area contributed by atoms with Gasteiger partial charge in [0.05, 0.1) is 12.3 Å². The molecule has 6 nitrogen and oxygen atoms in total. The lowest BCUT2D eigenvalue weighted by atomic mass is 10.0. The molecule has 0 aliphatic rings. The van der Waals surface area contributed by atoms with Gasteiger partial charge in [0.15, 0.2) is 5.75 Å². The van der Waals surface area contributed by atoms with Crippen molar-refractivity contribution in [2.75, 3.05) is 6.61 Å². The predicted molar refractivity (Wildman–Crippen MR) is 109 cm³/mol. The third-order valence-electron chi connectivity index (χ3n) is 4.38. The van der Waals surface area contributed by atoms with Gasteiger partial charge in [0, 0.05) is 12.3 Å². The van der Waals surface area contributed by atoms with Crippen molar-refractivity contribution in [1.29, 1.82) is 0 Å². The van der Waals surface area contributed by atoms with Crippen molar-refractivity contribution < 1.29 is 19.4 Å². The van der Waals surface area contributed by atoms with Crippen molar-refractivity contribution >= 4 is 5.97 Å². The summed E-state index contributed by atoms with van der Waals surface area (Å²) in [6, 6.07) is 19.6. The standard InChI is InChI=1S/C23H23NO5/c1-2-28-20(26)15-24-14-13-19(25)23(29-16-17-9-5-3-6-10-17)21(24)22(27)18-11-7-4-8-12-18/h3-14,22,27H,2,15-16H2,1H3. The molecule has 1 atom stereocenters. The first kappa shape index (κ1) is 20.4. The molecule has 1 unspecified atom stereocenters. The van der Waals surface area contributed by atoms with E-state index in [2.05, 4.69) is 0 Å². The Labute approximate surface area is 169 Å². The number of carbonyl (C=O) groups is 1. The maximum atomic E-state index is 12.6. The van der Waals surface area contributed by atoms with Gasteiger partial charge in [-0.3, -0.25) is 9.59 Å². The van der Waals surface area contributed by atoms with Crippen molar-refractivity contribution in [2.24, 2.45) is 0 Å². The van der Waals surface area contributed by atoms with Crippen molar-refractivity contribution in [1.82, 2.24) is 4.57 Å². The molecule has 0 spiro atoms. The summed E-state index contributed by atoms with van der Waals surface area (Å²) in [4.78, 5) is 24.7. The van der Waals surface area contributed by atoms with Gasteiger partial charge < -0.3 is 19.1 Å². The summed E-state index contributed by atoms with van der Waals surface area (Å²) >= 11 is 0. The minimum absolute atomic E-state index is 0.0111. The smallest absolute Gasteiger partial charge is 0.325 e. The Hall–Kier alpha value is -3.38. The van der Waals surface area contributed by atoms with Crippen molar-refractivity contribution in [3.8, 4) is 5.75 Å². The van der Waals surface area contributed by atoms with Gasteiger partial charge >= 0.3 is 5.97 Å². The highest BCUT2D eigenvalue weighted by Gasteiger charge is 2.23. The van der Waals surface area contributed by atoms with Crippen LogP contribution >= 0.6 is 0 Å². The number of aliphatic hydroxyl groups excluding tert-OH is 1. The lowest BCUT2D eigenvalue weighted by molar-refractivity contribution is -0.143. The molecule has 150 valence electrons. The van der Waals surface area contributed by atoms with Crippen LogP contribution in [0.1, 0.15) is 29.8 Å².